The van der Waals surface area contributed by atoms with Gasteiger partial charge in [-0.1, -0.05) is 19.9 Å². The summed E-state index contributed by atoms with van der Waals surface area (Å²) in [6, 6.07) is 4.68. The van der Waals surface area contributed by atoms with Crippen LogP contribution in [0.4, 0.5) is 4.39 Å². The van der Waals surface area contributed by atoms with Crippen LogP contribution in [-0.2, 0) is 0 Å². The lowest BCUT2D eigenvalue weighted by molar-refractivity contribution is 0.282. The van der Waals surface area contributed by atoms with Crippen LogP contribution >= 0.6 is 0 Å². The first-order valence-electron chi connectivity index (χ1n) is 4.79. The van der Waals surface area contributed by atoms with Crippen LogP contribution in [0, 0.1) is 12.7 Å². The highest BCUT2D eigenvalue weighted by Gasteiger charge is 2.13. The van der Waals surface area contributed by atoms with E-state index in [-0.39, 0.29) is 18.3 Å². The summed E-state index contributed by atoms with van der Waals surface area (Å²) in [5.41, 5.74) is 1.86. The van der Waals surface area contributed by atoms with E-state index < -0.39 is 0 Å². The van der Waals surface area contributed by atoms with Gasteiger partial charge in [0, 0.05) is 12.5 Å². The zero-order chi connectivity index (χ0) is 10.7. The predicted molar refractivity (Wildman–Crippen MR) is 55.7 cm³/mol. The Morgan fingerprint density at radius 2 is 2.00 bits per heavy atom. The van der Waals surface area contributed by atoms with Crippen molar-refractivity contribution in [1.82, 2.24) is 0 Å². The Hall–Kier alpha value is -0.890. The molecule has 0 spiro atoms. The van der Waals surface area contributed by atoms with Crippen molar-refractivity contribution in [2.24, 2.45) is 0 Å². The molecular formula is C12H16FO. The molecule has 1 radical (unpaired) electrons. The first-order valence-corrected chi connectivity index (χ1v) is 4.79. The molecule has 1 atom stereocenters. The van der Waals surface area contributed by atoms with E-state index >= 15 is 0 Å². The zero-order valence-electron chi connectivity index (χ0n) is 8.63. The standard InChI is InChI=1S/C12H16FO/c1-8(2)11-5-4-10(13)6-12(11)9(3)7-14/h4-6,8-9,14H,3,7H2,1-2H3. The second kappa shape index (κ2) is 4.56. The average molecular weight is 195 g/mol. The highest BCUT2D eigenvalue weighted by molar-refractivity contribution is 5.34. The van der Waals surface area contributed by atoms with Gasteiger partial charge in [-0.05, 0) is 36.1 Å². The number of hydrogen-bond acceptors (Lipinski definition) is 1. The number of benzene rings is 1. The van der Waals surface area contributed by atoms with Crippen LogP contribution in [0.25, 0.3) is 0 Å². The molecular weight excluding hydrogens is 179 g/mol. The molecule has 1 aromatic carbocycles. The maximum atomic E-state index is 13.0. The Kier molecular flexibility index (Phi) is 3.64. The summed E-state index contributed by atoms with van der Waals surface area (Å²) in [6.45, 7) is 7.83. The Morgan fingerprint density at radius 3 is 2.50 bits per heavy atom. The second-order valence-electron chi connectivity index (χ2n) is 3.81. The van der Waals surface area contributed by atoms with Crippen molar-refractivity contribution in [3.8, 4) is 0 Å². The van der Waals surface area contributed by atoms with Crippen LogP contribution in [0.5, 0.6) is 0 Å². The number of halogens is 1. The molecule has 2 heteroatoms. The van der Waals surface area contributed by atoms with Gasteiger partial charge in [0.2, 0.25) is 0 Å². The van der Waals surface area contributed by atoms with Gasteiger partial charge in [0.15, 0.2) is 0 Å². The summed E-state index contributed by atoms with van der Waals surface area (Å²) in [5.74, 6) is -0.198. The number of aliphatic hydroxyl groups is 1. The van der Waals surface area contributed by atoms with Crippen LogP contribution in [0.1, 0.15) is 36.8 Å². The molecule has 0 fully saturated rings. The van der Waals surface area contributed by atoms with E-state index in [1.54, 1.807) is 6.07 Å². The highest BCUT2D eigenvalue weighted by Crippen LogP contribution is 2.26. The summed E-state index contributed by atoms with van der Waals surface area (Å²) in [7, 11) is 0. The quantitative estimate of drug-likeness (QED) is 0.786. The third kappa shape index (κ3) is 2.32. The SMILES string of the molecule is [CH2]C(CO)c1cc(F)ccc1C(C)C. The monoisotopic (exact) mass is 195 g/mol. The number of hydrogen-bond donors (Lipinski definition) is 1. The number of rotatable bonds is 3. The lowest BCUT2D eigenvalue weighted by Gasteiger charge is -2.16. The summed E-state index contributed by atoms with van der Waals surface area (Å²) >= 11 is 0. The smallest absolute Gasteiger partial charge is 0.123 e. The summed E-state index contributed by atoms with van der Waals surface area (Å²) in [4.78, 5) is 0. The highest BCUT2D eigenvalue weighted by atomic mass is 19.1. The third-order valence-electron chi connectivity index (χ3n) is 2.33. The minimum atomic E-state index is -0.272. The molecule has 14 heavy (non-hydrogen) atoms. The van der Waals surface area contributed by atoms with Crippen LogP contribution in [0.15, 0.2) is 18.2 Å². The maximum Gasteiger partial charge on any atom is 0.123 e. The van der Waals surface area contributed by atoms with Gasteiger partial charge in [-0.25, -0.2) is 4.39 Å². The summed E-state index contributed by atoms with van der Waals surface area (Å²) in [6.07, 6.45) is 0. The minimum absolute atomic E-state index is 0.0524. The minimum Gasteiger partial charge on any atom is -0.396 e. The molecule has 1 unspecified atom stereocenters. The fourth-order valence-electron chi connectivity index (χ4n) is 1.52. The maximum absolute atomic E-state index is 13.0. The van der Waals surface area contributed by atoms with E-state index in [9.17, 15) is 4.39 Å². The van der Waals surface area contributed by atoms with Crippen LogP contribution in [0.3, 0.4) is 0 Å². The second-order valence-corrected chi connectivity index (χ2v) is 3.81. The molecule has 1 nitrogen and oxygen atoms in total. The van der Waals surface area contributed by atoms with E-state index in [1.165, 1.54) is 12.1 Å². The van der Waals surface area contributed by atoms with Gasteiger partial charge in [0.25, 0.3) is 0 Å². The third-order valence-corrected chi connectivity index (χ3v) is 2.33. The van der Waals surface area contributed by atoms with Crippen LogP contribution in [0.2, 0.25) is 0 Å². The van der Waals surface area contributed by atoms with Gasteiger partial charge in [0.1, 0.15) is 5.82 Å². The van der Waals surface area contributed by atoms with Gasteiger partial charge >= 0.3 is 0 Å². The molecule has 0 aliphatic carbocycles. The Labute approximate surface area is 84.6 Å². The van der Waals surface area contributed by atoms with E-state index in [0.29, 0.717) is 5.92 Å². The van der Waals surface area contributed by atoms with Gasteiger partial charge in [0.05, 0.1) is 0 Å². The van der Waals surface area contributed by atoms with E-state index in [1.807, 2.05) is 13.8 Å². The molecule has 0 aromatic heterocycles. The lowest BCUT2D eigenvalue weighted by Crippen LogP contribution is -2.05. The topological polar surface area (TPSA) is 20.2 Å². The lowest BCUT2D eigenvalue weighted by atomic mass is 9.90. The molecule has 0 amide bonds. The van der Waals surface area contributed by atoms with Crippen molar-refractivity contribution in [3.05, 3.63) is 42.1 Å². The van der Waals surface area contributed by atoms with Crippen molar-refractivity contribution in [3.63, 3.8) is 0 Å². The average Bonchev–Trinajstić information content (AvgIpc) is 2.16. The molecule has 0 saturated carbocycles. The van der Waals surface area contributed by atoms with Crippen molar-refractivity contribution in [1.29, 1.82) is 0 Å². The van der Waals surface area contributed by atoms with E-state index in [2.05, 4.69) is 6.92 Å². The first-order chi connectivity index (χ1) is 6.56. The molecule has 0 aliphatic heterocycles. The predicted octanol–water partition coefficient (Wildman–Crippen LogP) is 2.86. The molecule has 1 N–H and O–H groups in total. The molecule has 0 saturated heterocycles. The molecule has 0 bridgehead atoms. The van der Waals surface area contributed by atoms with Crippen molar-refractivity contribution < 1.29 is 9.50 Å². The summed E-state index contributed by atoms with van der Waals surface area (Å²) in [5, 5.41) is 9.00. The van der Waals surface area contributed by atoms with Crippen LogP contribution < -0.4 is 0 Å². The fraction of sp³-hybridized carbons (Fsp3) is 0.417. The van der Waals surface area contributed by atoms with Crippen LogP contribution in [-0.4, -0.2) is 11.7 Å². The van der Waals surface area contributed by atoms with Crippen molar-refractivity contribution in [2.45, 2.75) is 25.7 Å². The fourth-order valence-corrected chi connectivity index (χ4v) is 1.52. The Bertz CT molecular complexity index is 307. The molecule has 0 aliphatic rings. The first kappa shape index (κ1) is 11.2. The van der Waals surface area contributed by atoms with Crippen molar-refractivity contribution in [2.75, 3.05) is 6.61 Å². The summed E-state index contributed by atoms with van der Waals surface area (Å²) < 4.78 is 13.0. The normalized spacial score (nSPS) is 13.3. The molecule has 1 aromatic rings. The molecule has 0 heterocycles. The molecule has 1 rings (SSSR count). The Balaban J connectivity index is 3.15. The van der Waals surface area contributed by atoms with E-state index in [4.69, 9.17) is 5.11 Å². The number of aliphatic hydroxyl groups excluding tert-OH is 1. The largest absolute Gasteiger partial charge is 0.396 e. The van der Waals surface area contributed by atoms with Gasteiger partial charge in [-0.3, -0.25) is 0 Å². The zero-order valence-corrected chi connectivity index (χ0v) is 8.63. The van der Waals surface area contributed by atoms with Gasteiger partial charge < -0.3 is 5.11 Å². The Morgan fingerprint density at radius 1 is 1.36 bits per heavy atom. The van der Waals surface area contributed by atoms with Crippen molar-refractivity contribution >= 4 is 0 Å². The molecule has 77 valence electrons. The van der Waals surface area contributed by atoms with Gasteiger partial charge in [-0.15, -0.1) is 0 Å². The van der Waals surface area contributed by atoms with Gasteiger partial charge in [-0.2, -0.15) is 0 Å². The van der Waals surface area contributed by atoms with E-state index in [0.717, 1.165) is 11.1 Å².